The summed E-state index contributed by atoms with van der Waals surface area (Å²) in [5.74, 6) is 1.54. The first-order chi connectivity index (χ1) is 11.9. The highest BCUT2D eigenvalue weighted by Crippen LogP contribution is 2.30. The van der Waals surface area contributed by atoms with E-state index in [4.69, 9.17) is 9.26 Å². The molecule has 0 saturated heterocycles. The van der Waals surface area contributed by atoms with E-state index in [0.717, 1.165) is 0 Å². The van der Waals surface area contributed by atoms with Gasteiger partial charge in [0.15, 0.2) is 5.82 Å². The van der Waals surface area contributed by atoms with Crippen molar-refractivity contribution < 1.29 is 14.1 Å². The number of hydrogen-bond donors (Lipinski definition) is 0. The molecular weight excluding hydrogens is 316 g/mol. The van der Waals surface area contributed by atoms with Crippen molar-refractivity contribution in [2.24, 2.45) is 0 Å². The summed E-state index contributed by atoms with van der Waals surface area (Å²) < 4.78 is 10.9. The third-order valence-corrected chi connectivity index (χ3v) is 3.61. The Morgan fingerprint density at radius 3 is 2.16 bits per heavy atom. The van der Waals surface area contributed by atoms with Gasteiger partial charge < -0.3 is 9.26 Å². The third kappa shape index (κ3) is 3.88. The highest BCUT2D eigenvalue weighted by molar-refractivity contribution is 5.96. The molecule has 0 fully saturated rings. The van der Waals surface area contributed by atoms with Gasteiger partial charge in [0.2, 0.25) is 0 Å². The molecule has 3 rings (SSSR count). The number of rotatable bonds is 3. The Kier molecular flexibility index (Phi) is 4.57. The molecule has 0 aliphatic heterocycles. The number of benzene rings is 2. The summed E-state index contributed by atoms with van der Waals surface area (Å²) in [6.45, 7) is 6.06. The smallest absolute Gasteiger partial charge is 0.410 e. The van der Waals surface area contributed by atoms with Crippen LogP contribution in [-0.2, 0) is 5.41 Å². The predicted octanol–water partition coefficient (Wildman–Crippen LogP) is 5.31. The maximum Gasteiger partial charge on any atom is 0.425 e. The second-order valence-corrected chi connectivity index (χ2v) is 6.65. The van der Waals surface area contributed by atoms with E-state index >= 15 is 0 Å². The quantitative estimate of drug-likeness (QED) is 0.650. The number of carbonyl (C=O) groups excluding carboxylic acids is 1. The van der Waals surface area contributed by atoms with Crippen LogP contribution in [0.4, 0.5) is 16.3 Å². The molecule has 128 valence electrons. The number of carbonyl (C=O) groups is 1. The fourth-order valence-electron chi connectivity index (χ4n) is 2.27. The molecule has 2 aromatic carbocycles. The first-order valence-electron chi connectivity index (χ1n) is 8.04. The predicted molar refractivity (Wildman–Crippen MR) is 96.3 cm³/mol. The van der Waals surface area contributed by atoms with E-state index in [9.17, 15) is 4.79 Å². The zero-order valence-electron chi connectivity index (χ0n) is 14.5. The van der Waals surface area contributed by atoms with Crippen molar-refractivity contribution >= 4 is 17.6 Å². The Balaban J connectivity index is 1.96. The van der Waals surface area contributed by atoms with Crippen molar-refractivity contribution in [1.82, 2.24) is 5.16 Å². The minimum absolute atomic E-state index is 0.211. The molecule has 0 atom stereocenters. The molecule has 3 aromatic rings. The van der Waals surface area contributed by atoms with Gasteiger partial charge in [-0.3, -0.25) is 0 Å². The van der Waals surface area contributed by atoms with Crippen molar-refractivity contribution in [3.05, 3.63) is 72.5 Å². The second kappa shape index (κ2) is 6.81. The Morgan fingerprint density at radius 1 is 1.00 bits per heavy atom. The van der Waals surface area contributed by atoms with Gasteiger partial charge >= 0.3 is 6.09 Å². The Bertz CT molecular complexity index is 836. The first kappa shape index (κ1) is 16.8. The number of amides is 1. The van der Waals surface area contributed by atoms with Gasteiger partial charge in [-0.2, -0.15) is 0 Å². The van der Waals surface area contributed by atoms with E-state index in [2.05, 4.69) is 5.16 Å². The molecule has 1 heterocycles. The van der Waals surface area contributed by atoms with Crippen LogP contribution in [0.25, 0.3) is 0 Å². The molecule has 0 aliphatic rings. The summed E-state index contributed by atoms with van der Waals surface area (Å²) in [5, 5.41) is 4.07. The van der Waals surface area contributed by atoms with E-state index in [1.165, 1.54) is 4.90 Å². The molecule has 1 amide bonds. The number of anilines is 2. The van der Waals surface area contributed by atoms with Crippen molar-refractivity contribution in [3.63, 3.8) is 0 Å². The molecule has 0 aliphatic carbocycles. The summed E-state index contributed by atoms with van der Waals surface area (Å²) >= 11 is 0. The summed E-state index contributed by atoms with van der Waals surface area (Å²) in [5.41, 5.74) is 0.439. The molecule has 25 heavy (non-hydrogen) atoms. The second-order valence-electron chi connectivity index (χ2n) is 6.65. The van der Waals surface area contributed by atoms with Crippen LogP contribution < -0.4 is 9.64 Å². The highest BCUT2D eigenvalue weighted by Gasteiger charge is 2.27. The zero-order valence-corrected chi connectivity index (χ0v) is 14.5. The molecule has 0 unspecified atom stereocenters. The van der Waals surface area contributed by atoms with Gasteiger partial charge in [-0.05, 0) is 24.3 Å². The van der Waals surface area contributed by atoms with Gasteiger partial charge in [-0.15, -0.1) is 0 Å². The normalized spacial score (nSPS) is 11.2. The lowest BCUT2D eigenvalue weighted by Crippen LogP contribution is -2.29. The van der Waals surface area contributed by atoms with Gasteiger partial charge in [0, 0.05) is 11.5 Å². The fraction of sp³-hybridized carbons (Fsp3) is 0.200. The summed E-state index contributed by atoms with van der Waals surface area (Å²) in [7, 11) is 0. The summed E-state index contributed by atoms with van der Waals surface area (Å²) in [6, 6.07) is 19.9. The Morgan fingerprint density at radius 2 is 1.60 bits per heavy atom. The van der Waals surface area contributed by atoms with Crippen molar-refractivity contribution in [2.45, 2.75) is 26.2 Å². The van der Waals surface area contributed by atoms with Crippen LogP contribution in [0.5, 0.6) is 5.75 Å². The molecule has 0 saturated carbocycles. The average Bonchev–Trinajstić information content (AvgIpc) is 3.07. The Hall–Kier alpha value is -3.08. The fourth-order valence-corrected chi connectivity index (χ4v) is 2.27. The molecule has 0 spiro atoms. The number of para-hydroxylation sites is 2. The standard InChI is InChI=1S/C20H20N2O3/c1-20(2,3)17-14-18(21-25-17)22(15-10-6-4-7-11-15)19(23)24-16-12-8-5-9-13-16/h4-14H,1-3H3. The van der Waals surface area contributed by atoms with Gasteiger partial charge in [0.05, 0.1) is 5.69 Å². The number of aromatic nitrogens is 1. The van der Waals surface area contributed by atoms with Crippen molar-refractivity contribution in [3.8, 4) is 5.75 Å². The lowest BCUT2D eigenvalue weighted by molar-refractivity contribution is 0.210. The van der Waals surface area contributed by atoms with Crippen LogP contribution in [0.2, 0.25) is 0 Å². The van der Waals surface area contributed by atoms with E-state index in [0.29, 0.717) is 23.0 Å². The average molecular weight is 336 g/mol. The topological polar surface area (TPSA) is 55.6 Å². The van der Waals surface area contributed by atoms with Gasteiger partial charge in [-0.25, -0.2) is 9.69 Å². The molecule has 5 nitrogen and oxygen atoms in total. The van der Waals surface area contributed by atoms with E-state index in [1.807, 2.05) is 69.3 Å². The van der Waals surface area contributed by atoms with Gasteiger partial charge in [-0.1, -0.05) is 62.3 Å². The molecule has 0 radical (unpaired) electrons. The zero-order chi connectivity index (χ0) is 17.9. The first-order valence-corrected chi connectivity index (χ1v) is 8.04. The third-order valence-electron chi connectivity index (χ3n) is 3.61. The number of nitrogens with zero attached hydrogens (tertiary/aromatic N) is 2. The number of ether oxygens (including phenoxy) is 1. The monoisotopic (exact) mass is 336 g/mol. The minimum Gasteiger partial charge on any atom is -0.410 e. The highest BCUT2D eigenvalue weighted by atomic mass is 16.6. The van der Waals surface area contributed by atoms with Crippen LogP contribution in [-0.4, -0.2) is 11.2 Å². The Labute approximate surface area is 146 Å². The minimum atomic E-state index is -0.550. The van der Waals surface area contributed by atoms with Crippen LogP contribution in [0.3, 0.4) is 0 Å². The SMILES string of the molecule is CC(C)(C)c1cc(N(C(=O)Oc2ccccc2)c2ccccc2)no1. The van der Waals surface area contributed by atoms with E-state index in [1.54, 1.807) is 18.2 Å². The lowest BCUT2D eigenvalue weighted by Gasteiger charge is -2.19. The summed E-state index contributed by atoms with van der Waals surface area (Å²) in [6.07, 6.45) is -0.550. The molecule has 1 aromatic heterocycles. The lowest BCUT2D eigenvalue weighted by atomic mass is 9.93. The molecule has 5 heteroatoms. The van der Waals surface area contributed by atoms with Crippen molar-refractivity contribution in [1.29, 1.82) is 0 Å². The molecular formula is C20H20N2O3. The maximum absolute atomic E-state index is 12.8. The van der Waals surface area contributed by atoms with Crippen LogP contribution in [0.15, 0.2) is 71.3 Å². The van der Waals surface area contributed by atoms with E-state index in [-0.39, 0.29) is 5.41 Å². The van der Waals surface area contributed by atoms with Gasteiger partial charge in [0.25, 0.3) is 0 Å². The largest absolute Gasteiger partial charge is 0.425 e. The van der Waals surface area contributed by atoms with Crippen LogP contribution in [0.1, 0.15) is 26.5 Å². The molecule has 0 N–H and O–H groups in total. The van der Waals surface area contributed by atoms with E-state index < -0.39 is 6.09 Å². The van der Waals surface area contributed by atoms with Crippen LogP contribution >= 0.6 is 0 Å². The van der Waals surface area contributed by atoms with Gasteiger partial charge in [0.1, 0.15) is 11.5 Å². The van der Waals surface area contributed by atoms with Crippen molar-refractivity contribution in [2.75, 3.05) is 4.90 Å². The maximum atomic E-state index is 12.8. The van der Waals surface area contributed by atoms with Crippen LogP contribution in [0, 0.1) is 0 Å². The number of hydrogen-bond acceptors (Lipinski definition) is 4. The molecule has 0 bridgehead atoms. The summed E-state index contributed by atoms with van der Waals surface area (Å²) in [4.78, 5) is 14.2.